The maximum absolute atomic E-state index is 11.2. The fourth-order valence-electron chi connectivity index (χ4n) is 0.840. The lowest BCUT2D eigenvalue weighted by atomic mass is 10.3. The fourth-order valence-corrected chi connectivity index (χ4v) is 2.22. The van der Waals surface area contributed by atoms with E-state index in [9.17, 15) is 9.00 Å². The van der Waals surface area contributed by atoms with Gasteiger partial charge in [-0.05, 0) is 12.3 Å². The lowest BCUT2D eigenvalue weighted by Gasteiger charge is -2.03. The highest BCUT2D eigenvalue weighted by molar-refractivity contribution is 7.84. The molecule has 12 heavy (non-hydrogen) atoms. The Morgan fingerprint density at radius 1 is 1.50 bits per heavy atom. The lowest BCUT2D eigenvalue weighted by Crippen LogP contribution is -2.09. The van der Waals surface area contributed by atoms with E-state index in [1.165, 1.54) is 0 Å². The number of carbonyl (C=O) groups is 1. The van der Waals surface area contributed by atoms with E-state index >= 15 is 0 Å². The molecule has 1 N–H and O–H groups in total. The second-order valence-electron chi connectivity index (χ2n) is 3.20. The van der Waals surface area contributed by atoms with Crippen molar-refractivity contribution in [3.8, 4) is 0 Å². The molecule has 0 bridgehead atoms. The third kappa shape index (κ3) is 7.72. The predicted octanol–water partition coefficient (Wildman–Crippen LogP) is 1.26. The van der Waals surface area contributed by atoms with Gasteiger partial charge >= 0.3 is 5.97 Å². The Labute approximate surface area is 75.6 Å². The number of carboxylic acid groups (broad SMARTS) is 1. The summed E-state index contributed by atoms with van der Waals surface area (Å²) >= 11 is 0. The van der Waals surface area contributed by atoms with Gasteiger partial charge in [0.25, 0.3) is 0 Å². The summed E-state index contributed by atoms with van der Waals surface area (Å²) in [6.07, 6.45) is 0.651. The van der Waals surface area contributed by atoms with Gasteiger partial charge in [-0.25, -0.2) is 0 Å². The van der Waals surface area contributed by atoms with Crippen molar-refractivity contribution >= 4 is 16.8 Å². The van der Waals surface area contributed by atoms with Crippen LogP contribution in [0.4, 0.5) is 0 Å². The van der Waals surface area contributed by atoms with Crippen LogP contribution in [-0.4, -0.2) is 26.8 Å². The van der Waals surface area contributed by atoms with Crippen molar-refractivity contribution in [2.75, 3.05) is 11.5 Å². The minimum Gasteiger partial charge on any atom is -0.481 e. The molecule has 3 nitrogen and oxygen atoms in total. The minimum absolute atomic E-state index is 0.129. The first-order chi connectivity index (χ1) is 5.52. The van der Waals surface area contributed by atoms with E-state index in [0.29, 0.717) is 23.8 Å². The maximum Gasteiger partial charge on any atom is 0.303 e. The molecular formula is C8H16O3S. The highest BCUT2D eigenvalue weighted by Crippen LogP contribution is 1.99. The van der Waals surface area contributed by atoms with E-state index in [2.05, 4.69) is 0 Å². The molecule has 1 unspecified atom stereocenters. The van der Waals surface area contributed by atoms with Crippen LogP contribution < -0.4 is 0 Å². The van der Waals surface area contributed by atoms with Gasteiger partial charge in [-0.1, -0.05) is 13.8 Å². The molecule has 0 saturated heterocycles. The van der Waals surface area contributed by atoms with E-state index < -0.39 is 16.8 Å². The quantitative estimate of drug-likeness (QED) is 0.689. The van der Waals surface area contributed by atoms with E-state index in [1.807, 2.05) is 13.8 Å². The largest absolute Gasteiger partial charge is 0.481 e. The van der Waals surface area contributed by atoms with Gasteiger partial charge in [0.2, 0.25) is 0 Å². The Morgan fingerprint density at radius 2 is 2.08 bits per heavy atom. The van der Waals surface area contributed by atoms with Crippen LogP contribution in [-0.2, 0) is 15.6 Å². The molecule has 0 aromatic rings. The molecule has 0 fully saturated rings. The van der Waals surface area contributed by atoms with E-state index in [4.69, 9.17) is 5.11 Å². The molecule has 0 aliphatic heterocycles. The molecule has 0 heterocycles. The second-order valence-corrected chi connectivity index (χ2v) is 4.82. The monoisotopic (exact) mass is 192 g/mol. The molecule has 0 amide bonds. The molecule has 1 atom stereocenters. The third-order valence-corrected chi connectivity index (χ3v) is 3.06. The van der Waals surface area contributed by atoms with E-state index in [0.717, 1.165) is 0 Å². The summed E-state index contributed by atoms with van der Waals surface area (Å²) < 4.78 is 11.2. The third-order valence-electron chi connectivity index (χ3n) is 1.28. The molecule has 0 radical (unpaired) electrons. The minimum atomic E-state index is -0.830. The molecule has 0 aromatic heterocycles. The van der Waals surface area contributed by atoms with Crippen molar-refractivity contribution in [2.24, 2.45) is 5.92 Å². The first kappa shape index (κ1) is 11.6. The highest BCUT2D eigenvalue weighted by Gasteiger charge is 2.04. The van der Waals surface area contributed by atoms with Gasteiger partial charge < -0.3 is 5.11 Å². The molecule has 0 aliphatic carbocycles. The molecule has 0 spiro atoms. The zero-order chi connectivity index (χ0) is 9.56. The summed E-state index contributed by atoms with van der Waals surface area (Å²) in [5.74, 6) is 0.816. The summed E-state index contributed by atoms with van der Waals surface area (Å²) in [6.45, 7) is 4.02. The average molecular weight is 192 g/mol. The molecule has 4 heteroatoms. The first-order valence-electron chi connectivity index (χ1n) is 4.09. The standard InChI is InChI=1S/C8H16O3S/c1-7(2)6-12(11)5-3-4-8(9)10/h7H,3-6H2,1-2H3,(H,9,10). The van der Waals surface area contributed by atoms with Gasteiger partial charge in [0.15, 0.2) is 0 Å². The molecule has 0 saturated carbocycles. The Bertz CT molecular complexity index is 166. The summed E-state index contributed by atoms with van der Waals surface area (Å²) in [5, 5.41) is 8.31. The van der Waals surface area contributed by atoms with Gasteiger partial charge in [-0.15, -0.1) is 0 Å². The van der Waals surface area contributed by atoms with Crippen LogP contribution in [0.15, 0.2) is 0 Å². The Balaban J connectivity index is 3.38. The fraction of sp³-hybridized carbons (Fsp3) is 0.875. The van der Waals surface area contributed by atoms with Gasteiger partial charge in [0.05, 0.1) is 0 Å². The molecule has 0 rings (SSSR count). The van der Waals surface area contributed by atoms with Crippen molar-refractivity contribution in [3.63, 3.8) is 0 Å². The van der Waals surface area contributed by atoms with Gasteiger partial charge in [-0.2, -0.15) is 0 Å². The summed E-state index contributed by atoms with van der Waals surface area (Å²) in [6, 6.07) is 0. The molecule has 72 valence electrons. The summed E-state index contributed by atoms with van der Waals surface area (Å²) in [7, 11) is -0.830. The van der Waals surface area contributed by atoms with Crippen molar-refractivity contribution in [1.82, 2.24) is 0 Å². The summed E-state index contributed by atoms with van der Waals surface area (Å²) in [4.78, 5) is 10.1. The van der Waals surface area contributed by atoms with Crippen LogP contribution in [0, 0.1) is 5.92 Å². The van der Waals surface area contributed by atoms with Gasteiger partial charge in [-0.3, -0.25) is 9.00 Å². The number of hydrogen-bond donors (Lipinski definition) is 1. The SMILES string of the molecule is CC(C)CS(=O)CCCC(=O)O. The van der Waals surface area contributed by atoms with E-state index in [-0.39, 0.29) is 6.42 Å². The number of hydrogen-bond acceptors (Lipinski definition) is 2. The number of carboxylic acids is 1. The van der Waals surface area contributed by atoms with Crippen LogP contribution in [0.3, 0.4) is 0 Å². The van der Waals surface area contributed by atoms with Crippen molar-refractivity contribution < 1.29 is 14.1 Å². The van der Waals surface area contributed by atoms with Crippen LogP contribution in [0.1, 0.15) is 26.7 Å². The van der Waals surface area contributed by atoms with Crippen molar-refractivity contribution in [2.45, 2.75) is 26.7 Å². The number of rotatable bonds is 6. The zero-order valence-electron chi connectivity index (χ0n) is 7.58. The normalized spacial score (nSPS) is 13.2. The van der Waals surface area contributed by atoms with Crippen LogP contribution in [0.2, 0.25) is 0 Å². The summed E-state index contributed by atoms with van der Waals surface area (Å²) in [5.41, 5.74) is 0. The first-order valence-corrected chi connectivity index (χ1v) is 5.58. The Kier molecular flexibility index (Phi) is 5.98. The molecular weight excluding hydrogens is 176 g/mol. The highest BCUT2D eigenvalue weighted by atomic mass is 32.2. The smallest absolute Gasteiger partial charge is 0.303 e. The zero-order valence-corrected chi connectivity index (χ0v) is 8.39. The maximum atomic E-state index is 11.2. The Morgan fingerprint density at radius 3 is 2.50 bits per heavy atom. The van der Waals surface area contributed by atoms with Crippen LogP contribution >= 0.6 is 0 Å². The van der Waals surface area contributed by atoms with E-state index in [1.54, 1.807) is 0 Å². The topological polar surface area (TPSA) is 54.4 Å². The van der Waals surface area contributed by atoms with Crippen LogP contribution in [0.5, 0.6) is 0 Å². The van der Waals surface area contributed by atoms with Crippen molar-refractivity contribution in [1.29, 1.82) is 0 Å². The van der Waals surface area contributed by atoms with Crippen LogP contribution in [0.25, 0.3) is 0 Å². The Hall–Kier alpha value is -0.380. The van der Waals surface area contributed by atoms with Crippen molar-refractivity contribution in [3.05, 3.63) is 0 Å². The second kappa shape index (κ2) is 6.17. The molecule has 0 aromatic carbocycles. The average Bonchev–Trinajstić information content (AvgIpc) is 1.84. The van der Waals surface area contributed by atoms with Gasteiger partial charge in [0.1, 0.15) is 0 Å². The lowest BCUT2D eigenvalue weighted by molar-refractivity contribution is -0.137. The number of aliphatic carboxylic acids is 1. The van der Waals surface area contributed by atoms with Gasteiger partial charge in [0, 0.05) is 28.7 Å². The predicted molar refractivity (Wildman–Crippen MR) is 49.6 cm³/mol. The molecule has 0 aliphatic rings.